The summed E-state index contributed by atoms with van der Waals surface area (Å²) in [6.07, 6.45) is 0.490. The summed E-state index contributed by atoms with van der Waals surface area (Å²) in [5.41, 5.74) is 4.24. The van der Waals surface area contributed by atoms with Crippen LogP contribution in [0.4, 0.5) is 10.1 Å². The molecule has 0 unspecified atom stereocenters. The number of benzene rings is 3. The van der Waals surface area contributed by atoms with Crippen LogP contribution in [0.2, 0.25) is 5.02 Å². The fourth-order valence-electron chi connectivity index (χ4n) is 4.27. The molecule has 0 spiro atoms. The molecule has 1 aliphatic heterocycles. The van der Waals surface area contributed by atoms with Gasteiger partial charge in [-0.2, -0.15) is 0 Å². The molecule has 0 radical (unpaired) electrons. The number of halogens is 2. The minimum atomic E-state index is -3.71. The van der Waals surface area contributed by atoms with Crippen molar-refractivity contribution in [2.75, 3.05) is 11.9 Å². The molecule has 1 aromatic heterocycles. The van der Waals surface area contributed by atoms with Gasteiger partial charge >= 0.3 is 0 Å². The zero-order valence-electron chi connectivity index (χ0n) is 18.0. The highest BCUT2D eigenvalue weighted by Gasteiger charge is 2.30. The van der Waals surface area contributed by atoms with Gasteiger partial charge in [0, 0.05) is 23.9 Å². The lowest BCUT2D eigenvalue weighted by Gasteiger charge is -2.29. The lowest BCUT2D eigenvalue weighted by molar-refractivity contribution is 0.604. The van der Waals surface area contributed by atoms with Crippen molar-refractivity contribution >= 4 is 43.6 Å². The first-order valence-electron chi connectivity index (χ1n) is 10.4. The Labute approximate surface area is 196 Å². The predicted molar refractivity (Wildman–Crippen MR) is 131 cm³/mol. The van der Waals surface area contributed by atoms with Gasteiger partial charge in [0.2, 0.25) is 9.84 Å². The number of hydrogen-bond acceptors (Lipinski definition) is 4. The average Bonchev–Trinajstić information content (AvgIpc) is 2.80. The molecule has 2 heterocycles. The van der Waals surface area contributed by atoms with Crippen LogP contribution in [0.5, 0.6) is 0 Å². The van der Waals surface area contributed by atoms with Crippen LogP contribution in [0.1, 0.15) is 22.5 Å². The number of hydrogen-bond donors (Lipinski definition) is 0. The molecule has 3 aromatic carbocycles. The molecule has 4 aromatic rings. The second kappa shape index (κ2) is 7.97. The number of fused-ring (bicyclic) bond motifs is 2. The van der Waals surface area contributed by atoms with Gasteiger partial charge in [-0.1, -0.05) is 48.0 Å². The number of nitrogens with zero attached hydrogens (tertiary/aromatic N) is 2. The fraction of sp³-hybridized carbons (Fsp3) is 0.115. The van der Waals surface area contributed by atoms with Crippen molar-refractivity contribution in [2.45, 2.75) is 18.2 Å². The SMILES string of the molecule is Cc1c(C2=CS(=O)(=O)c3cc(Cl)ccc3N2C)nc(Cc2ccc(F)cc2)c2ccccc12. The van der Waals surface area contributed by atoms with Gasteiger partial charge in [0.25, 0.3) is 0 Å². The molecule has 1 aliphatic rings. The monoisotopic (exact) mass is 478 g/mol. The molecule has 0 atom stereocenters. The van der Waals surface area contributed by atoms with Gasteiger partial charge in [0.1, 0.15) is 5.82 Å². The van der Waals surface area contributed by atoms with Crippen LogP contribution in [0.25, 0.3) is 16.5 Å². The van der Waals surface area contributed by atoms with E-state index in [0.29, 0.717) is 28.5 Å². The van der Waals surface area contributed by atoms with Crippen molar-refractivity contribution in [3.63, 3.8) is 0 Å². The molecule has 0 saturated carbocycles. The van der Waals surface area contributed by atoms with Crippen LogP contribution in [0.3, 0.4) is 0 Å². The van der Waals surface area contributed by atoms with Gasteiger partial charge in [0.05, 0.1) is 33.1 Å². The maximum absolute atomic E-state index is 13.4. The first-order valence-corrected chi connectivity index (χ1v) is 12.3. The zero-order valence-corrected chi connectivity index (χ0v) is 19.6. The molecule has 4 nitrogen and oxygen atoms in total. The number of aryl methyl sites for hydroxylation is 1. The summed E-state index contributed by atoms with van der Waals surface area (Å²) in [4.78, 5) is 6.96. The van der Waals surface area contributed by atoms with Crippen LogP contribution >= 0.6 is 11.6 Å². The molecule has 0 N–H and O–H groups in total. The van der Waals surface area contributed by atoms with E-state index in [0.717, 1.165) is 27.6 Å². The van der Waals surface area contributed by atoms with Crippen LogP contribution < -0.4 is 4.90 Å². The first kappa shape index (κ1) is 21.6. The third kappa shape index (κ3) is 3.79. The van der Waals surface area contributed by atoms with Crippen molar-refractivity contribution in [2.24, 2.45) is 0 Å². The number of aromatic nitrogens is 1. The Morgan fingerprint density at radius 3 is 2.42 bits per heavy atom. The highest BCUT2D eigenvalue weighted by atomic mass is 35.5. The van der Waals surface area contributed by atoms with Crippen molar-refractivity contribution in [3.8, 4) is 0 Å². The molecule has 0 amide bonds. The minimum absolute atomic E-state index is 0.172. The summed E-state index contributed by atoms with van der Waals surface area (Å²) >= 11 is 6.06. The lowest BCUT2D eigenvalue weighted by atomic mass is 9.98. The quantitative estimate of drug-likeness (QED) is 0.354. The Hall–Kier alpha value is -3.22. The average molecular weight is 479 g/mol. The number of sulfone groups is 1. The van der Waals surface area contributed by atoms with E-state index in [-0.39, 0.29) is 10.7 Å². The van der Waals surface area contributed by atoms with Gasteiger partial charge in [-0.05, 0) is 53.8 Å². The molecule has 33 heavy (non-hydrogen) atoms. The molecule has 166 valence electrons. The standard InChI is InChI=1S/C26H20ClFN2O2S/c1-16-20-5-3-4-6-21(20)22(13-17-7-10-19(28)11-8-17)29-26(16)24-15-33(31,32)25-14-18(27)9-12-23(25)30(24)2/h3-12,14-15H,13H2,1-2H3. The largest absolute Gasteiger partial charge is 0.341 e. The first-order chi connectivity index (χ1) is 15.7. The Bertz CT molecular complexity index is 1550. The molecule has 5 rings (SSSR count). The van der Waals surface area contributed by atoms with Crippen molar-refractivity contribution in [1.29, 1.82) is 0 Å². The van der Waals surface area contributed by atoms with Crippen LogP contribution in [0.15, 0.2) is 77.0 Å². The van der Waals surface area contributed by atoms with Gasteiger partial charge in [-0.3, -0.25) is 0 Å². The number of rotatable bonds is 3. The Morgan fingerprint density at radius 2 is 1.70 bits per heavy atom. The van der Waals surface area contributed by atoms with Crippen LogP contribution in [-0.2, 0) is 16.3 Å². The van der Waals surface area contributed by atoms with E-state index < -0.39 is 9.84 Å². The van der Waals surface area contributed by atoms with E-state index in [4.69, 9.17) is 16.6 Å². The van der Waals surface area contributed by atoms with Crippen molar-refractivity contribution < 1.29 is 12.8 Å². The highest BCUT2D eigenvalue weighted by molar-refractivity contribution is 7.94. The van der Waals surface area contributed by atoms with Crippen LogP contribution in [-0.4, -0.2) is 20.4 Å². The Morgan fingerprint density at radius 1 is 1.00 bits per heavy atom. The molecule has 0 saturated heterocycles. The Balaban J connectivity index is 1.72. The van der Waals surface area contributed by atoms with E-state index >= 15 is 0 Å². The van der Waals surface area contributed by atoms with Gasteiger partial charge in [0.15, 0.2) is 0 Å². The molecular formula is C26H20ClFN2O2S. The van der Waals surface area contributed by atoms with E-state index in [1.54, 1.807) is 24.3 Å². The molecule has 0 aliphatic carbocycles. The zero-order chi connectivity index (χ0) is 23.3. The maximum Gasteiger partial charge on any atom is 0.204 e. The smallest absolute Gasteiger partial charge is 0.204 e. The van der Waals surface area contributed by atoms with Gasteiger partial charge < -0.3 is 4.90 Å². The van der Waals surface area contributed by atoms with Gasteiger partial charge in [-0.25, -0.2) is 17.8 Å². The second-order valence-electron chi connectivity index (χ2n) is 8.10. The maximum atomic E-state index is 13.4. The highest BCUT2D eigenvalue weighted by Crippen LogP contribution is 2.40. The summed E-state index contributed by atoms with van der Waals surface area (Å²) in [6.45, 7) is 1.95. The van der Waals surface area contributed by atoms with E-state index in [1.807, 2.05) is 43.1 Å². The predicted octanol–water partition coefficient (Wildman–Crippen LogP) is 6.15. The number of pyridine rings is 1. The summed E-state index contributed by atoms with van der Waals surface area (Å²) in [6, 6.07) is 19.1. The fourth-order valence-corrected chi connectivity index (χ4v) is 5.99. The third-order valence-corrected chi connectivity index (χ3v) is 7.70. The molecule has 7 heteroatoms. The minimum Gasteiger partial charge on any atom is -0.341 e. The van der Waals surface area contributed by atoms with E-state index in [9.17, 15) is 12.8 Å². The second-order valence-corrected chi connectivity index (χ2v) is 10.3. The molecule has 0 fully saturated rings. The lowest BCUT2D eigenvalue weighted by Crippen LogP contribution is -2.24. The molecular weight excluding hydrogens is 459 g/mol. The molecule has 0 bridgehead atoms. The van der Waals surface area contributed by atoms with E-state index in [1.165, 1.54) is 23.6 Å². The van der Waals surface area contributed by atoms with Crippen molar-refractivity contribution in [3.05, 3.63) is 105 Å². The summed E-state index contributed by atoms with van der Waals surface area (Å²) in [7, 11) is -1.89. The third-order valence-electron chi connectivity index (χ3n) is 5.99. The van der Waals surface area contributed by atoms with Gasteiger partial charge in [-0.15, -0.1) is 0 Å². The topological polar surface area (TPSA) is 50.3 Å². The summed E-state index contributed by atoms with van der Waals surface area (Å²) in [5.74, 6) is -0.292. The van der Waals surface area contributed by atoms with Crippen LogP contribution in [0, 0.1) is 12.7 Å². The summed E-state index contributed by atoms with van der Waals surface area (Å²) in [5, 5.41) is 3.60. The normalized spacial score (nSPS) is 14.8. The summed E-state index contributed by atoms with van der Waals surface area (Å²) < 4.78 is 39.6. The Kier molecular flexibility index (Phi) is 5.22. The van der Waals surface area contributed by atoms with Crippen molar-refractivity contribution in [1.82, 2.24) is 4.98 Å². The number of anilines is 1. The van der Waals surface area contributed by atoms with E-state index in [2.05, 4.69) is 0 Å².